The van der Waals surface area contributed by atoms with Crippen LogP contribution in [0.1, 0.15) is 24.5 Å². The van der Waals surface area contributed by atoms with E-state index in [4.69, 9.17) is 0 Å². The highest BCUT2D eigenvalue weighted by atomic mass is 16.2. The molecule has 1 aromatic carbocycles. The average molecular weight is 355 g/mol. The van der Waals surface area contributed by atoms with Gasteiger partial charge in [-0.2, -0.15) is 0 Å². The molecule has 2 rings (SSSR count). The predicted molar refractivity (Wildman–Crippen MR) is 105 cm³/mol. The molecule has 0 spiro atoms. The van der Waals surface area contributed by atoms with Crippen LogP contribution in [0.4, 0.5) is 22.0 Å². The maximum Gasteiger partial charge on any atom is 0.319 e. The fourth-order valence-corrected chi connectivity index (χ4v) is 2.25. The van der Waals surface area contributed by atoms with Crippen molar-refractivity contribution in [2.45, 2.75) is 26.8 Å². The van der Waals surface area contributed by atoms with E-state index in [1.54, 1.807) is 19.2 Å². The lowest BCUT2D eigenvalue weighted by molar-refractivity contribution is -0.115. The number of pyridine rings is 1. The normalized spacial score (nSPS) is 10.2. The van der Waals surface area contributed by atoms with Crippen molar-refractivity contribution in [3.05, 3.63) is 47.7 Å². The molecule has 0 aliphatic heterocycles. The first-order valence-electron chi connectivity index (χ1n) is 8.46. The molecule has 0 atom stereocenters. The van der Waals surface area contributed by atoms with Gasteiger partial charge in [0.2, 0.25) is 5.91 Å². The number of urea groups is 1. The zero-order chi connectivity index (χ0) is 19.1. The van der Waals surface area contributed by atoms with Crippen LogP contribution in [0.15, 0.2) is 36.5 Å². The topological polar surface area (TPSA) is 86.4 Å². The Balaban J connectivity index is 1.98. The second kappa shape index (κ2) is 8.84. The number of aromatic nitrogens is 1. The number of amides is 3. The SMILES string of the molecule is CCC(=O)Nc1ccc(C)c(NC(=O)NCc2ccnc(N(C)C)c2)c1. The molecule has 0 bridgehead atoms. The van der Waals surface area contributed by atoms with E-state index in [-0.39, 0.29) is 11.9 Å². The van der Waals surface area contributed by atoms with Crippen LogP contribution in [0.5, 0.6) is 0 Å². The van der Waals surface area contributed by atoms with E-state index in [1.807, 2.05) is 50.2 Å². The predicted octanol–water partition coefficient (Wildman–Crippen LogP) is 3.13. The minimum Gasteiger partial charge on any atom is -0.363 e. The Hall–Kier alpha value is -3.09. The summed E-state index contributed by atoms with van der Waals surface area (Å²) in [7, 11) is 3.83. The molecule has 0 saturated carbocycles. The minimum atomic E-state index is -0.310. The van der Waals surface area contributed by atoms with Gasteiger partial charge in [-0.1, -0.05) is 13.0 Å². The van der Waals surface area contributed by atoms with E-state index in [0.29, 0.717) is 24.3 Å². The van der Waals surface area contributed by atoms with E-state index < -0.39 is 0 Å². The summed E-state index contributed by atoms with van der Waals surface area (Å²) in [6, 6.07) is 8.89. The molecule has 7 nitrogen and oxygen atoms in total. The van der Waals surface area contributed by atoms with Gasteiger partial charge in [0.25, 0.3) is 0 Å². The second-order valence-corrected chi connectivity index (χ2v) is 6.16. The van der Waals surface area contributed by atoms with Gasteiger partial charge in [0.15, 0.2) is 0 Å². The monoisotopic (exact) mass is 355 g/mol. The number of nitrogens with one attached hydrogen (secondary N) is 3. The molecule has 2 aromatic rings. The number of anilines is 3. The third kappa shape index (κ3) is 5.47. The molecule has 0 aliphatic rings. The number of carbonyl (C=O) groups is 2. The van der Waals surface area contributed by atoms with E-state index in [0.717, 1.165) is 16.9 Å². The van der Waals surface area contributed by atoms with Crippen LogP contribution >= 0.6 is 0 Å². The quantitative estimate of drug-likeness (QED) is 0.743. The Morgan fingerprint density at radius 3 is 2.58 bits per heavy atom. The van der Waals surface area contributed by atoms with Crippen molar-refractivity contribution in [2.24, 2.45) is 0 Å². The lowest BCUT2D eigenvalue weighted by atomic mass is 10.1. The summed E-state index contributed by atoms with van der Waals surface area (Å²) in [6.07, 6.45) is 2.12. The molecule has 0 aliphatic carbocycles. The molecule has 1 heterocycles. The summed E-state index contributed by atoms with van der Waals surface area (Å²) in [5.41, 5.74) is 3.18. The van der Waals surface area contributed by atoms with Crippen LogP contribution < -0.4 is 20.9 Å². The number of hydrogen-bond donors (Lipinski definition) is 3. The smallest absolute Gasteiger partial charge is 0.319 e. The molecular formula is C19H25N5O2. The van der Waals surface area contributed by atoms with Crippen molar-refractivity contribution >= 4 is 29.1 Å². The van der Waals surface area contributed by atoms with Gasteiger partial charge in [0.1, 0.15) is 5.82 Å². The summed E-state index contributed by atoms with van der Waals surface area (Å²) in [6.45, 7) is 4.07. The molecule has 3 N–H and O–H groups in total. The lowest BCUT2D eigenvalue weighted by Crippen LogP contribution is -2.28. The van der Waals surface area contributed by atoms with Crippen molar-refractivity contribution in [1.29, 1.82) is 0 Å². The molecule has 0 saturated heterocycles. The molecule has 0 unspecified atom stereocenters. The van der Waals surface area contributed by atoms with Gasteiger partial charge in [-0.25, -0.2) is 9.78 Å². The summed E-state index contributed by atoms with van der Waals surface area (Å²) >= 11 is 0. The van der Waals surface area contributed by atoms with Crippen LogP contribution in [0.3, 0.4) is 0 Å². The lowest BCUT2D eigenvalue weighted by Gasteiger charge is -2.14. The first-order chi connectivity index (χ1) is 12.4. The average Bonchev–Trinajstić information content (AvgIpc) is 2.63. The molecular weight excluding hydrogens is 330 g/mol. The van der Waals surface area contributed by atoms with Crippen molar-refractivity contribution < 1.29 is 9.59 Å². The minimum absolute atomic E-state index is 0.0707. The van der Waals surface area contributed by atoms with Gasteiger partial charge in [0, 0.05) is 44.6 Å². The van der Waals surface area contributed by atoms with Crippen LogP contribution in [-0.4, -0.2) is 31.0 Å². The Labute approximate surface area is 153 Å². The van der Waals surface area contributed by atoms with Gasteiger partial charge in [-0.3, -0.25) is 4.79 Å². The molecule has 7 heteroatoms. The van der Waals surface area contributed by atoms with E-state index in [1.165, 1.54) is 0 Å². The van der Waals surface area contributed by atoms with Crippen molar-refractivity contribution in [3.63, 3.8) is 0 Å². The van der Waals surface area contributed by atoms with E-state index in [9.17, 15) is 9.59 Å². The number of carbonyl (C=O) groups excluding carboxylic acids is 2. The van der Waals surface area contributed by atoms with Crippen molar-refractivity contribution in [3.8, 4) is 0 Å². The standard InChI is InChI=1S/C19H25N5O2/c1-5-18(25)22-15-7-6-13(2)16(11-15)23-19(26)21-12-14-8-9-20-17(10-14)24(3)4/h6-11H,5,12H2,1-4H3,(H,22,25)(H2,21,23,26). The first-order valence-corrected chi connectivity index (χ1v) is 8.46. The molecule has 0 radical (unpaired) electrons. The van der Waals surface area contributed by atoms with Gasteiger partial charge in [0.05, 0.1) is 0 Å². The van der Waals surface area contributed by atoms with E-state index in [2.05, 4.69) is 20.9 Å². The Bertz CT molecular complexity index is 789. The Morgan fingerprint density at radius 2 is 1.88 bits per heavy atom. The number of rotatable bonds is 6. The highest BCUT2D eigenvalue weighted by molar-refractivity contribution is 5.94. The fraction of sp³-hybridized carbons (Fsp3) is 0.316. The molecule has 1 aromatic heterocycles. The van der Waals surface area contributed by atoms with Crippen LogP contribution in [0.25, 0.3) is 0 Å². The maximum atomic E-state index is 12.2. The second-order valence-electron chi connectivity index (χ2n) is 6.16. The summed E-state index contributed by atoms with van der Waals surface area (Å²) in [5, 5.41) is 8.44. The first kappa shape index (κ1) is 19.2. The Morgan fingerprint density at radius 1 is 1.12 bits per heavy atom. The molecule has 138 valence electrons. The number of hydrogen-bond acceptors (Lipinski definition) is 4. The summed E-state index contributed by atoms with van der Waals surface area (Å²) < 4.78 is 0. The molecule has 26 heavy (non-hydrogen) atoms. The third-order valence-electron chi connectivity index (χ3n) is 3.81. The van der Waals surface area contributed by atoms with Gasteiger partial charge >= 0.3 is 6.03 Å². The third-order valence-corrected chi connectivity index (χ3v) is 3.81. The molecule has 0 fully saturated rings. The number of aryl methyl sites for hydroxylation is 1. The van der Waals surface area contributed by atoms with Crippen molar-refractivity contribution in [2.75, 3.05) is 29.6 Å². The van der Waals surface area contributed by atoms with Gasteiger partial charge in [-0.15, -0.1) is 0 Å². The zero-order valence-corrected chi connectivity index (χ0v) is 15.6. The zero-order valence-electron chi connectivity index (χ0n) is 15.6. The largest absolute Gasteiger partial charge is 0.363 e. The van der Waals surface area contributed by atoms with Crippen LogP contribution in [0.2, 0.25) is 0 Å². The van der Waals surface area contributed by atoms with Crippen LogP contribution in [-0.2, 0) is 11.3 Å². The summed E-state index contributed by atoms with van der Waals surface area (Å²) in [4.78, 5) is 29.9. The maximum absolute atomic E-state index is 12.2. The van der Waals surface area contributed by atoms with Gasteiger partial charge < -0.3 is 20.9 Å². The van der Waals surface area contributed by atoms with Crippen LogP contribution in [0, 0.1) is 6.92 Å². The van der Waals surface area contributed by atoms with Gasteiger partial charge in [-0.05, 0) is 42.3 Å². The molecule has 3 amide bonds. The highest BCUT2D eigenvalue weighted by Gasteiger charge is 2.07. The van der Waals surface area contributed by atoms with Crippen molar-refractivity contribution in [1.82, 2.24) is 10.3 Å². The number of nitrogens with zero attached hydrogens (tertiary/aromatic N) is 2. The Kier molecular flexibility index (Phi) is 6.54. The highest BCUT2D eigenvalue weighted by Crippen LogP contribution is 2.20. The summed E-state index contributed by atoms with van der Waals surface area (Å²) in [5.74, 6) is 0.763. The van der Waals surface area contributed by atoms with E-state index >= 15 is 0 Å². The fourth-order valence-electron chi connectivity index (χ4n) is 2.25. The number of benzene rings is 1.